The summed E-state index contributed by atoms with van der Waals surface area (Å²) >= 11 is 7.41. The normalized spacial score (nSPS) is 11.3. The number of halogens is 2. The van der Waals surface area contributed by atoms with Crippen molar-refractivity contribution in [2.75, 3.05) is 7.05 Å². The van der Waals surface area contributed by atoms with Crippen LogP contribution < -0.4 is 5.69 Å². The molecule has 0 aliphatic carbocycles. The molecular formula is C14H13ClFN5OS. The Labute approximate surface area is 140 Å². The zero-order valence-corrected chi connectivity index (χ0v) is 13.8. The molecule has 3 aromatic rings. The fourth-order valence-electron chi connectivity index (χ4n) is 2.12. The molecule has 0 bridgehead atoms. The van der Waals surface area contributed by atoms with Crippen molar-refractivity contribution in [2.24, 2.45) is 0 Å². The predicted molar refractivity (Wildman–Crippen MR) is 86.4 cm³/mol. The third-order valence-electron chi connectivity index (χ3n) is 3.22. The molecule has 0 aliphatic rings. The Balaban J connectivity index is 1.76. The number of nitrogens with zero attached hydrogens (tertiary/aromatic N) is 5. The molecule has 0 spiro atoms. The number of hydrogen-bond donors (Lipinski definition) is 0. The molecule has 9 heteroatoms. The summed E-state index contributed by atoms with van der Waals surface area (Å²) in [6.07, 6.45) is 0. The van der Waals surface area contributed by atoms with E-state index in [1.165, 1.54) is 26.8 Å². The van der Waals surface area contributed by atoms with Crippen LogP contribution in [0.15, 0.2) is 40.5 Å². The molecule has 0 amide bonds. The molecule has 1 aromatic carbocycles. The molecule has 3 rings (SSSR count). The maximum Gasteiger partial charge on any atom is 0.370 e. The Morgan fingerprint density at radius 3 is 2.83 bits per heavy atom. The number of tetrazole rings is 1. The number of benzene rings is 1. The van der Waals surface area contributed by atoms with Crippen molar-refractivity contribution in [3.05, 3.63) is 62.6 Å². The molecule has 0 radical (unpaired) electrons. The second-order valence-electron chi connectivity index (χ2n) is 4.98. The van der Waals surface area contributed by atoms with Crippen molar-refractivity contribution in [1.82, 2.24) is 24.7 Å². The second kappa shape index (κ2) is 6.61. The highest BCUT2D eigenvalue weighted by atomic mass is 35.5. The van der Waals surface area contributed by atoms with E-state index in [2.05, 4.69) is 10.4 Å². The maximum atomic E-state index is 13.8. The SMILES string of the molecule is CN(Cc1c(F)cccc1Cl)Cn1nnn(-c2cccs2)c1=O. The summed E-state index contributed by atoms with van der Waals surface area (Å²) < 4.78 is 16.3. The highest BCUT2D eigenvalue weighted by Gasteiger charge is 2.14. The first-order valence-electron chi connectivity index (χ1n) is 6.74. The van der Waals surface area contributed by atoms with Gasteiger partial charge in [0.15, 0.2) is 0 Å². The topological polar surface area (TPSA) is 56.0 Å². The molecular weight excluding hydrogens is 341 g/mol. The summed E-state index contributed by atoms with van der Waals surface area (Å²) in [5, 5.41) is 10.6. The number of aromatic nitrogens is 4. The Morgan fingerprint density at radius 1 is 1.30 bits per heavy atom. The van der Waals surface area contributed by atoms with E-state index >= 15 is 0 Å². The third-order valence-corrected chi connectivity index (χ3v) is 4.42. The number of thiophene rings is 1. The van der Waals surface area contributed by atoms with Crippen LogP contribution in [-0.2, 0) is 13.2 Å². The molecule has 0 fully saturated rings. The maximum absolute atomic E-state index is 13.8. The van der Waals surface area contributed by atoms with E-state index in [0.717, 1.165) is 0 Å². The van der Waals surface area contributed by atoms with Gasteiger partial charge >= 0.3 is 5.69 Å². The molecule has 0 aliphatic heterocycles. The second-order valence-corrected chi connectivity index (χ2v) is 6.31. The van der Waals surface area contributed by atoms with Crippen LogP contribution >= 0.6 is 22.9 Å². The van der Waals surface area contributed by atoms with Gasteiger partial charge in [-0.05, 0) is 47.1 Å². The summed E-state index contributed by atoms with van der Waals surface area (Å²) in [4.78, 5) is 14.0. The van der Waals surface area contributed by atoms with Crippen molar-refractivity contribution in [2.45, 2.75) is 13.2 Å². The van der Waals surface area contributed by atoms with Gasteiger partial charge in [-0.15, -0.1) is 11.3 Å². The van der Waals surface area contributed by atoms with Crippen LogP contribution in [0.1, 0.15) is 5.56 Å². The molecule has 2 heterocycles. The molecule has 0 unspecified atom stereocenters. The van der Waals surface area contributed by atoms with Gasteiger partial charge in [0.1, 0.15) is 17.5 Å². The van der Waals surface area contributed by atoms with Gasteiger partial charge in [-0.2, -0.15) is 9.36 Å². The molecule has 0 saturated heterocycles. The van der Waals surface area contributed by atoms with Crippen LogP contribution in [0.4, 0.5) is 4.39 Å². The third kappa shape index (κ3) is 3.34. The molecule has 0 saturated carbocycles. The van der Waals surface area contributed by atoms with Crippen LogP contribution in [0.25, 0.3) is 5.00 Å². The monoisotopic (exact) mass is 353 g/mol. The van der Waals surface area contributed by atoms with Crippen LogP contribution in [0, 0.1) is 5.82 Å². The first-order chi connectivity index (χ1) is 11.1. The highest BCUT2D eigenvalue weighted by molar-refractivity contribution is 7.12. The van der Waals surface area contributed by atoms with E-state index in [0.29, 0.717) is 15.6 Å². The Morgan fingerprint density at radius 2 is 2.13 bits per heavy atom. The molecule has 0 N–H and O–H groups in total. The van der Waals surface area contributed by atoms with Crippen molar-refractivity contribution < 1.29 is 4.39 Å². The minimum Gasteiger partial charge on any atom is -0.283 e. The van der Waals surface area contributed by atoms with Gasteiger partial charge < -0.3 is 0 Å². The van der Waals surface area contributed by atoms with Gasteiger partial charge in [0, 0.05) is 17.1 Å². The van der Waals surface area contributed by atoms with E-state index in [9.17, 15) is 9.18 Å². The van der Waals surface area contributed by atoms with Crippen molar-refractivity contribution in [1.29, 1.82) is 0 Å². The highest BCUT2D eigenvalue weighted by Crippen LogP contribution is 2.20. The Kier molecular flexibility index (Phi) is 4.56. The summed E-state index contributed by atoms with van der Waals surface area (Å²) in [7, 11) is 1.75. The summed E-state index contributed by atoms with van der Waals surface area (Å²) in [5.74, 6) is -0.376. The fourth-order valence-corrected chi connectivity index (χ4v) is 3.01. The van der Waals surface area contributed by atoms with E-state index in [4.69, 9.17) is 11.6 Å². The number of hydrogen-bond acceptors (Lipinski definition) is 5. The summed E-state index contributed by atoms with van der Waals surface area (Å²) in [5.41, 5.74) is 0.0364. The van der Waals surface area contributed by atoms with Crippen molar-refractivity contribution in [3.8, 4) is 5.00 Å². The lowest BCUT2D eigenvalue weighted by molar-refractivity contribution is 0.237. The zero-order chi connectivity index (χ0) is 16.4. The average molecular weight is 354 g/mol. The summed E-state index contributed by atoms with van der Waals surface area (Å²) in [6.45, 7) is 0.429. The molecule has 2 aromatic heterocycles. The summed E-state index contributed by atoms with van der Waals surface area (Å²) in [6, 6.07) is 8.16. The Hall–Kier alpha value is -2.03. The minimum absolute atomic E-state index is 0.175. The number of rotatable bonds is 5. The zero-order valence-electron chi connectivity index (χ0n) is 12.2. The molecule has 23 heavy (non-hydrogen) atoms. The van der Waals surface area contributed by atoms with Gasteiger partial charge in [0.25, 0.3) is 0 Å². The van der Waals surface area contributed by atoms with E-state index < -0.39 is 0 Å². The fraction of sp³-hybridized carbons (Fsp3) is 0.214. The van der Waals surface area contributed by atoms with Gasteiger partial charge in [0.2, 0.25) is 0 Å². The lowest BCUT2D eigenvalue weighted by Gasteiger charge is -2.16. The first kappa shape index (κ1) is 15.9. The molecule has 6 nitrogen and oxygen atoms in total. The van der Waals surface area contributed by atoms with Crippen LogP contribution in [-0.4, -0.2) is 31.7 Å². The lowest BCUT2D eigenvalue weighted by Crippen LogP contribution is -2.31. The van der Waals surface area contributed by atoms with Crippen molar-refractivity contribution in [3.63, 3.8) is 0 Å². The lowest BCUT2D eigenvalue weighted by atomic mass is 10.2. The van der Waals surface area contributed by atoms with Crippen LogP contribution in [0.2, 0.25) is 5.02 Å². The van der Waals surface area contributed by atoms with Crippen LogP contribution in [0.3, 0.4) is 0 Å². The van der Waals surface area contributed by atoms with E-state index in [1.54, 1.807) is 30.1 Å². The first-order valence-corrected chi connectivity index (χ1v) is 8.00. The average Bonchev–Trinajstić information content (AvgIpc) is 3.14. The standard InChI is InChI=1S/C14H13ClFN5OS/c1-19(8-10-11(15)4-2-5-12(10)16)9-20-14(22)21(18-17-20)13-6-3-7-23-13/h2-7H,8-9H2,1H3. The largest absolute Gasteiger partial charge is 0.370 e. The van der Waals surface area contributed by atoms with Crippen molar-refractivity contribution >= 4 is 22.9 Å². The van der Waals surface area contributed by atoms with Crippen LogP contribution in [0.5, 0.6) is 0 Å². The minimum atomic E-state index is -0.376. The predicted octanol–water partition coefficient (Wildman–Crippen LogP) is 2.37. The quantitative estimate of drug-likeness (QED) is 0.706. The smallest absolute Gasteiger partial charge is 0.283 e. The van der Waals surface area contributed by atoms with Gasteiger partial charge in [-0.1, -0.05) is 17.7 Å². The van der Waals surface area contributed by atoms with E-state index in [1.807, 2.05) is 11.4 Å². The van der Waals surface area contributed by atoms with E-state index in [-0.39, 0.29) is 24.7 Å². The molecule has 120 valence electrons. The van der Waals surface area contributed by atoms with Gasteiger partial charge in [-0.3, -0.25) is 4.90 Å². The Bertz CT molecular complexity index is 840. The van der Waals surface area contributed by atoms with Gasteiger partial charge in [-0.25, -0.2) is 9.18 Å². The molecule has 0 atom stereocenters. The van der Waals surface area contributed by atoms with Gasteiger partial charge in [0.05, 0.1) is 0 Å².